The highest BCUT2D eigenvalue weighted by Crippen LogP contribution is 2.28. The maximum atomic E-state index is 4.35. The van der Waals surface area contributed by atoms with Crippen LogP contribution in [0, 0.1) is 6.92 Å². The summed E-state index contributed by atoms with van der Waals surface area (Å²) in [7, 11) is 0. The van der Waals surface area contributed by atoms with E-state index in [-0.39, 0.29) is 0 Å². The molecule has 0 radical (unpaired) electrons. The number of benzene rings is 4. The van der Waals surface area contributed by atoms with Gasteiger partial charge in [0.05, 0.1) is 0 Å². The topological polar surface area (TPSA) is 4.93 Å². The third-order valence-corrected chi connectivity index (χ3v) is 6.71. The van der Waals surface area contributed by atoms with Gasteiger partial charge >= 0.3 is 0 Å². The second-order valence-corrected chi connectivity index (χ2v) is 8.99. The van der Waals surface area contributed by atoms with E-state index in [2.05, 4.69) is 128 Å². The first kappa shape index (κ1) is 22.0. The molecule has 0 saturated heterocycles. The molecule has 0 aliphatic carbocycles. The van der Waals surface area contributed by atoms with Gasteiger partial charge in [-0.2, -0.15) is 0 Å². The molecular weight excluding hydrogens is 410 g/mol. The van der Waals surface area contributed by atoms with Crippen LogP contribution in [0.25, 0.3) is 44.1 Å². The second-order valence-electron chi connectivity index (χ2n) is 8.99. The van der Waals surface area contributed by atoms with Crippen LogP contribution in [-0.2, 0) is 6.54 Å². The van der Waals surface area contributed by atoms with Crippen molar-refractivity contribution in [2.24, 2.45) is 0 Å². The zero-order chi connectivity index (χ0) is 23.5. The van der Waals surface area contributed by atoms with Gasteiger partial charge in [0.1, 0.15) is 0 Å². The Balaban J connectivity index is 1.48. The van der Waals surface area contributed by atoms with Gasteiger partial charge in [0, 0.05) is 28.2 Å². The van der Waals surface area contributed by atoms with E-state index < -0.39 is 0 Å². The van der Waals surface area contributed by atoms with Crippen molar-refractivity contribution < 1.29 is 0 Å². The molecule has 4 aromatic carbocycles. The van der Waals surface area contributed by atoms with Crippen LogP contribution >= 0.6 is 0 Å². The van der Waals surface area contributed by atoms with Gasteiger partial charge in [-0.05, 0) is 58.3 Å². The predicted octanol–water partition coefficient (Wildman–Crippen LogP) is 8.38. The van der Waals surface area contributed by atoms with Crippen LogP contribution in [0.2, 0.25) is 0 Å². The lowest BCUT2D eigenvalue weighted by Crippen LogP contribution is -2.16. The summed E-state index contributed by atoms with van der Waals surface area (Å²) in [6.07, 6.45) is 13.1. The standard InChI is InChI=1S/C33H31N/c1-4-5-23-34-30(29-20-11-17-27-18-12-22-31(34)33(27)29)21-8-6-7-13-24(2)28-19-10-16-26-15-9-14-25(3)32(26)28/h6-22H,2,4-5,23H2,1,3H3/b8-6+,13-7+,30-21+. The number of fused-ring (bicyclic) bond motifs is 1. The van der Waals surface area contributed by atoms with Gasteiger partial charge < -0.3 is 4.57 Å². The Kier molecular flexibility index (Phi) is 6.18. The summed E-state index contributed by atoms with van der Waals surface area (Å²) in [5.74, 6) is 0. The molecule has 1 nitrogen and oxygen atoms in total. The molecule has 0 spiro atoms. The molecular formula is C33H31N. The normalized spacial score (nSPS) is 12.8. The molecule has 0 aliphatic heterocycles. The molecule has 0 saturated carbocycles. The van der Waals surface area contributed by atoms with Crippen molar-refractivity contribution in [3.05, 3.63) is 120 Å². The molecule has 1 aromatic heterocycles. The van der Waals surface area contributed by atoms with E-state index >= 15 is 0 Å². The van der Waals surface area contributed by atoms with Gasteiger partial charge in [-0.3, -0.25) is 0 Å². The van der Waals surface area contributed by atoms with Gasteiger partial charge in [-0.1, -0.05) is 111 Å². The third-order valence-electron chi connectivity index (χ3n) is 6.71. The highest BCUT2D eigenvalue weighted by molar-refractivity contribution is 6.10. The van der Waals surface area contributed by atoms with Gasteiger partial charge in [-0.15, -0.1) is 0 Å². The van der Waals surface area contributed by atoms with E-state index in [1.54, 1.807) is 0 Å². The lowest BCUT2D eigenvalue weighted by atomic mass is 9.95. The number of unbranched alkanes of at least 4 members (excludes halogenated alkanes) is 1. The second kappa shape index (κ2) is 9.57. The van der Waals surface area contributed by atoms with Gasteiger partial charge in [0.2, 0.25) is 0 Å². The fourth-order valence-electron chi connectivity index (χ4n) is 5.04. The largest absolute Gasteiger partial charge is 0.340 e. The fourth-order valence-corrected chi connectivity index (χ4v) is 5.04. The summed E-state index contributed by atoms with van der Waals surface area (Å²) in [6, 6.07) is 26.1. The summed E-state index contributed by atoms with van der Waals surface area (Å²) in [5, 5.41) is 7.84. The maximum Gasteiger partial charge on any atom is 0.0497 e. The van der Waals surface area contributed by atoms with E-state index in [9.17, 15) is 0 Å². The number of allylic oxidation sites excluding steroid dienone is 5. The van der Waals surface area contributed by atoms with E-state index in [4.69, 9.17) is 0 Å². The summed E-state index contributed by atoms with van der Waals surface area (Å²) >= 11 is 0. The lowest BCUT2D eigenvalue weighted by Gasteiger charge is -2.09. The van der Waals surface area contributed by atoms with Crippen molar-refractivity contribution in [2.75, 3.05) is 0 Å². The Morgan fingerprint density at radius 2 is 1.53 bits per heavy atom. The molecule has 5 rings (SSSR count). The quantitative estimate of drug-likeness (QED) is 0.224. The van der Waals surface area contributed by atoms with Crippen molar-refractivity contribution in [3.63, 3.8) is 0 Å². The van der Waals surface area contributed by atoms with Crippen LogP contribution in [0.15, 0.2) is 104 Å². The van der Waals surface area contributed by atoms with Gasteiger partial charge in [0.15, 0.2) is 0 Å². The van der Waals surface area contributed by atoms with Crippen LogP contribution < -0.4 is 5.35 Å². The summed E-state index contributed by atoms with van der Waals surface area (Å²) in [6.45, 7) is 9.80. The zero-order valence-electron chi connectivity index (χ0n) is 20.1. The molecule has 0 fully saturated rings. The number of hydrogen-bond acceptors (Lipinski definition) is 0. The Labute approximate surface area is 202 Å². The first-order chi connectivity index (χ1) is 16.7. The van der Waals surface area contributed by atoms with Crippen LogP contribution in [0.4, 0.5) is 0 Å². The highest BCUT2D eigenvalue weighted by Gasteiger charge is 2.10. The van der Waals surface area contributed by atoms with Crippen molar-refractivity contribution in [3.8, 4) is 0 Å². The van der Waals surface area contributed by atoms with Crippen molar-refractivity contribution in [1.29, 1.82) is 0 Å². The van der Waals surface area contributed by atoms with Crippen molar-refractivity contribution >= 4 is 44.1 Å². The minimum absolute atomic E-state index is 1.03. The zero-order valence-corrected chi connectivity index (χ0v) is 20.1. The highest BCUT2D eigenvalue weighted by atomic mass is 15.0. The minimum Gasteiger partial charge on any atom is -0.340 e. The third kappa shape index (κ3) is 3.99. The molecule has 0 aliphatic rings. The summed E-state index contributed by atoms with van der Waals surface area (Å²) in [4.78, 5) is 0. The van der Waals surface area contributed by atoms with Crippen molar-refractivity contribution in [2.45, 2.75) is 33.2 Å². The van der Waals surface area contributed by atoms with E-state index in [1.807, 2.05) is 0 Å². The SMILES string of the molecule is C=C(/C=C/C=C/C=c1\c2cccc3cccc(c32)n1CCCC)c1cccc2cccc(C)c12. The minimum atomic E-state index is 1.03. The molecule has 5 aromatic rings. The molecule has 34 heavy (non-hydrogen) atoms. The smallest absolute Gasteiger partial charge is 0.0497 e. The van der Waals surface area contributed by atoms with E-state index in [1.165, 1.54) is 61.8 Å². The van der Waals surface area contributed by atoms with Gasteiger partial charge in [0.25, 0.3) is 0 Å². The average Bonchev–Trinajstić information content (AvgIpc) is 3.16. The predicted molar refractivity (Wildman–Crippen MR) is 150 cm³/mol. The molecule has 0 bridgehead atoms. The van der Waals surface area contributed by atoms with Gasteiger partial charge in [-0.25, -0.2) is 0 Å². The molecule has 1 heteroatoms. The lowest BCUT2D eigenvalue weighted by molar-refractivity contribution is 0.640. The molecule has 1 heterocycles. The summed E-state index contributed by atoms with van der Waals surface area (Å²) < 4.78 is 2.48. The average molecular weight is 442 g/mol. The van der Waals surface area contributed by atoms with E-state index in [0.717, 1.165) is 12.1 Å². The Bertz CT molecular complexity index is 1600. The van der Waals surface area contributed by atoms with Crippen LogP contribution in [0.5, 0.6) is 0 Å². The van der Waals surface area contributed by atoms with E-state index in [0.29, 0.717) is 0 Å². The van der Waals surface area contributed by atoms with Crippen LogP contribution in [0.3, 0.4) is 0 Å². The first-order valence-corrected chi connectivity index (χ1v) is 12.2. The monoisotopic (exact) mass is 441 g/mol. The number of nitrogens with zero attached hydrogens (tertiary/aromatic N) is 1. The number of aromatic nitrogens is 1. The molecule has 168 valence electrons. The number of hydrogen-bond donors (Lipinski definition) is 0. The summed E-state index contributed by atoms with van der Waals surface area (Å²) in [5.41, 5.74) is 4.84. The Hall–Kier alpha value is -3.84. The maximum absolute atomic E-state index is 4.35. The molecule has 0 atom stereocenters. The van der Waals surface area contributed by atoms with Crippen LogP contribution in [-0.4, -0.2) is 4.57 Å². The number of rotatable bonds is 7. The fraction of sp³-hybridized carbons (Fsp3) is 0.152. The molecule has 0 N–H and O–H groups in total. The first-order valence-electron chi connectivity index (χ1n) is 12.2. The van der Waals surface area contributed by atoms with Crippen molar-refractivity contribution in [1.82, 2.24) is 4.57 Å². The Morgan fingerprint density at radius 3 is 2.32 bits per heavy atom. The molecule has 0 amide bonds. The van der Waals surface area contributed by atoms with Crippen LogP contribution in [0.1, 0.15) is 30.9 Å². The molecule has 0 unspecified atom stereocenters. The Morgan fingerprint density at radius 1 is 0.824 bits per heavy atom. The number of aryl methyl sites for hydroxylation is 2.